The monoisotopic (exact) mass is 252 g/mol. The molecule has 2 aliphatic heterocycles. The Morgan fingerprint density at radius 3 is 2.67 bits per heavy atom. The van der Waals surface area contributed by atoms with Crippen molar-refractivity contribution in [2.75, 3.05) is 13.1 Å². The highest BCUT2D eigenvalue weighted by Gasteiger charge is 2.40. The van der Waals surface area contributed by atoms with Gasteiger partial charge in [-0.25, -0.2) is 0 Å². The van der Waals surface area contributed by atoms with Crippen molar-refractivity contribution >= 4 is 5.91 Å². The standard InChI is InChI=1S/C14H24N2O2/c1-5-9-7-16-8-10(17)6-11(16)13(18)15-12(9)14(2,3)4/h10-11,17H,5-8H2,1-4H3,(H,15,18)/t10-,11-/m0/s1. The minimum atomic E-state index is -0.366. The smallest absolute Gasteiger partial charge is 0.241 e. The van der Waals surface area contributed by atoms with Gasteiger partial charge in [0.15, 0.2) is 0 Å². The van der Waals surface area contributed by atoms with Crippen molar-refractivity contribution in [3.05, 3.63) is 11.3 Å². The van der Waals surface area contributed by atoms with Gasteiger partial charge in [-0.2, -0.15) is 0 Å². The number of carbonyl (C=O) groups excluding carboxylic acids is 1. The summed E-state index contributed by atoms with van der Waals surface area (Å²) in [6.07, 6.45) is 1.13. The lowest BCUT2D eigenvalue weighted by atomic mass is 9.87. The van der Waals surface area contributed by atoms with Gasteiger partial charge in [0, 0.05) is 24.2 Å². The van der Waals surface area contributed by atoms with Gasteiger partial charge in [0.1, 0.15) is 0 Å². The summed E-state index contributed by atoms with van der Waals surface area (Å²) in [6, 6.07) is -0.165. The number of fused-ring (bicyclic) bond motifs is 1. The SMILES string of the molecule is CCC1=C(C(C)(C)C)NC(=O)[C@@H]2C[C@H](O)CN2C1. The number of aliphatic hydroxyl groups excluding tert-OH is 1. The summed E-state index contributed by atoms with van der Waals surface area (Å²) in [6.45, 7) is 9.92. The molecule has 0 saturated carbocycles. The molecule has 0 bridgehead atoms. The van der Waals surface area contributed by atoms with Crippen LogP contribution in [0.25, 0.3) is 0 Å². The first kappa shape index (κ1) is 13.6. The van der Waals surface area contributed by atoms with Crippen molar-refractivity contribution in [1.29, 1.82) is 0 Å². The summed E-state index contributed by atoms with van der Waals surface area (Å²) in [5.74, 6) is 0.0416. The van der Waals surface area contributed by atoms with Gasteiger partial charge in [-0.1, -0.05) is 27.7 Å². The van der Waals surface area contributed by atoms with Crippen LogP contribution < -0.4 is 5.32 Å². The minimum absolute atomic E-state index is 0.0416. The van der Waals surface area contributed by atoms with Crippen LogP contribution in [-0.4, -0.2) is 41.1 Å². The summed E-state index contributed by atoms with van der Waals surface area (Å²) in [7, 11) is 0. The number of carbonyl (C=O) groups is 1. The number of amides is 1. The van der Waals surface area contributed by atoms with Gasteiger partial charge in [0.2, 0.25) is 5.91 Å². The van der Waals surface area contributed by atoms with E-state index in [1.165, 1.54) is 5.57 Å². The zero-order valence-electron chi connectivity index (χ0n) is 11.8. The molecule has 0 aliphatic carbocycles. The lowest BCUT2D eigenvalue weighted by Gasteiger charge is -2.26. The van der Waals surface area contributed by atoms with Crippen LogP contribution in [0.1, 0.15) is 40.5 Å². The fraction of sp³-hybridized carbons (Fsp3) is 0.786. The lowest BCUT2D eigenvalue weighted by Crippen LogP contribution is -2.41. The van der Waals surface area contributed by atoms with E-state index in [0.29, 0.717) is 13.0 Å². The maximum Gasteiger partial charge on any atom is 0.241 e. The minimum Gasteiger partial charge on any atom is -0.392 e. The van der Waals surface area contributed by atoms with Gasteiger partial charge in [-0.15, -0.1) is 0 Å². The number of nitrogens with one attached hydrogen (secondary N) is 1. The normalized spacial score (nSPS) is 30.2. The van der Waals surface area contributed by atoms with E-state index in [-0.39, 0.29) is 23.5 Å². The van der Waals surface area contributed by atoms with Gasteiger partial charge < -0.3 is 10.4 Å². The first-order chi connectivity index (χ1) is 8.32. The Morgan fingerprint density at radius 1 is 1.44 bits per heavy atom. The lowest BCUT2D eigenvalue weighted by molar-refractivity contribution is -0.124. The molecule has 2 heterocycles. The Hall–Kier alpha value is -0.870. The summed E-state index contributed by atoms with van der Waals surface area (Å²) in [5.41, 5.74) is 2.31. The number of nitrogens with zero attached hydrogens (tertiary/aromatic N) is 1. The molecule has 0 aromatic heterocycles. The maximum atomic E-state index is 12.3. The molecule has 102 valence electrons. The number of allylic oxidation sites excluding steroid dienone is 1. The molecule has 0 aromatic carbocycles. The fourth-order valence-electron chi connectivity index (χ4n) is 2.95. The molecular weight excluding hydrogens is 228 g/mol. The molecule has 4 nitrogen and oxygen atoms in total. The summed E-state index contributed by atoms with van der Waals surface area (Å²) < 4.78 is 0. The Bertz CT molecular complexity index is 382. The summed E-state index contributed by atoms with van der Waals surface area (Å²) in [5, 5.41) is 12.8. The molecule has 0 aromatic rings. The number of hydrogen-bond acceptors (Lipinski definition) is 3. The Morgan fingerprint density at radius 2 is 2.11 bits per heavy atom. The largest absolute Gasteiger partial charge is 0.392 e. The first-order valence-corrected chi connectivity index (χ1v) is 6.78. The second kappa shape index (κ2) is 4.67. The van der Waals surface area contributed by atoms with Crippen LogP contribution in [0.15, 0.2) is 11.3 Å². The molecule has 0 unspecified atom stereocenters. The third kappa shape index (κ3) is 2.45. The van der Waals surface area contributed by atoms with Crippen LogP contribution in [0.5, 0.6) is 0 Å². The molecule has 2 rings (SSSR count). The van der Waals surface area contributed by atoms with Gasteiger partial charge >= 0.3 is 0 Å². The molecular formula is C14H24N2O2. The van der Waals surface area contributed by atoms with Crippen molar-refractivity contribution in [3.8, 4) is 0 Å². The van der Waals surface area contributed by atoms with E-state index in [9.17, 15) is 9.90 Å². The van der Waals surface area contributed by atoms with Crippen molar-refractivity contribution in [1.82, 2.24) is 10.2 Å². The highest BCUT2D eigenvalue weighted by Crippen LogP contribution is 2.32. The van der Waals surface area contributed by atoms with Crippen LogP contribution in [0.4, 0.5) is 0 Å². The zero-order valence-corrected chi connectivity index (χ0v) is 11.8. The molecule has 1 saturated heterocycles. The number of rotatable bonds is 1. The average Bonchev–Trinajstić information content (AvgIpc) is 2.56. The number of hydrogen-bond donors (Lipinski definition) is 2. The Labute approximate surface area is 109 Å². The van der Waals surface area contributed by atoms with E-state index in [0.717, 1.165) is 18.7 Å². The van der Waals surface area contributed by atoms with E-state index in [4.69, 9.17) is 0 Å². The molecule has 18 heavy (non-hydrogen) atoms. The van der Waals surface area contributed by atoms with Crippen LogP contribution in [0.3, 0.4) is 0 Å². The molecule has 1 fully saturated rings. The number of aliphatic hydroxyl groups is 1. The van der Waals surface area contributed by atoms with Crippen LogP contribution >= 0.6 is 0 Å². The van der Waals surface area contributed by atoms with Crippen molar-refractivity contribution in [2.24, 2.45) is 5.41 Å². The molecule has 2 N–H and O–H groups in total. The van der Waals surface area contributed by atoms with E-state index >= 15 is 0 Å². The van der Waals surface area contributed by atoms with Gasteiger partial charge in [-0.05, 0) is 18.4 Å². The highest BCUT2D eigenvalue weighted by atomic mass is 16.3. The van der Waals surface area contributed by atoms with E-state index < -0.39 is 0 Å². The predicted molar refractivity (Wildman–Crippen MR) is 70.9 cm³/mol. The first-order valence-electron chi connectivity index (χ1n) is 6.78. The second-order valence-corrected chi connectivity index (χ2v) is 6.41. The molecule has 2 aliphatic rings. The topological polar surface area (TPSA) is 52.6 Å². The van der Waals surface area contributed by atoms with Crippen LogP contribution in [0, 0.1) is 5.41 Å². The molecule has 4 heteroatoms. The van der Waals surface area contributed by atoms with Gasteiger partial charge in [-0.3, -0.25) is 9.69 Å². The van der Waals surface area contributed by atoms with Crippen molar-refractivity contribution < 1.29 is 9.90 Å². The Kier molecular flexibility index (Phi) is 3.52. The molecule has 1 amide bonds. The van der Waals surface area contributed by atoms with E-state index in [1.54, 1.807) is 0 Å². The summed E-state index contributed by atoms with van der Waals surface area (Å²) in [4.78, 5) is 14.4. The Balaban J connectivity index is 2.33. The van der Waals surface area contributed by atoms with Crippen molar-refractivity contribution in [2.45, 2.75) is 52.7 Å². The maximum absolute atomic E-state index is 12.3. The summed E-state index contributed by atoms with van der Waals surface area (Å²) >= 11 is 0. The van der Waals surface area contributed by atoms with Gasteiger partial charge in [0.25, 0.3) is 0 Å². The van der Waals surface area contributed by atoms with Crippen molar-refractivity contribution in [3.63, 3.8) is 0 Å². The second-order valence-electron chi connectivity index (χ2n) is 6.41. The fourth-order valence-corrected chi connectivity index (χ4v) is 2.95. The zero-order chi connectivity index (χ0) is 13.5. The third-order valence-corrected chi connectivity index (χ3v) is 3.86. The average molecular weight is 252 g/mol. The third-order valence-electron chi connectivity index (χ3n) is 3.86. The van der Waals surface area contributed by atoms with E-state index in [2.05, 4.69) is 37.9 Å². The molecule has 2 atom stereocenters. The van der Waals surface area contributed by atoms with Crippen LogP contribution in [0.2, 0.25) is 0 Å². The molecule has 0 spiro atoms. The quantitative estimate of drug-likeness (QED) is 0.739. The van der Waals surface area contributed by atoms with Gasteiger partial charge in [0.05, 0.1) is 12.1 Å². The van der Waals surface area contributed by atoms with Crippen LogP contribution in [-0.2, 0) is 4.79 Å². The van der Waals surface area contributed by atoms with E-state index in [1.807, 2.05) is 0 Å². The predicted octanol–water partition coefficient (Wildman–Crippen LogP) is 1.26. The molecule has 0 radical (unpaired) electrons. The highest BCUT2D eigenvalue weighted by molar-refractivity contribution is 5.84.